The summed E-state index contributed by atoms with van der Waals surface area (Å²) in [5, 5.41) is 12.6. The highest BCUT2D eigenvalue weighted by Gasteiger charge is 2.21. The highest BCUT2D eigenvalue weighted by Crippen LogP contribution is 2.30. The lowest BCUT2D eigenvalue weighted by atomic mass is 10.1. The fourth-order valence-electron chi connectivity index (χ4n) is 3.13. The molecule has 1 N–H and O–H groups in total. The molecule has 0 radical (unpaired) electrons. The van der Waals surface area contributed by atoms with Gasteiger partial charge < -0.3 is 19.7 Å². The number of anilines is 2. The van der Waals surface area contributed by atoms with Gasteiger partial charge in [-0.05, 0) is 37.1 Å². The summed E-state index contributed by atoms with van der Waals surface area (Å²) in [6, 6.07) is 13.8. The number of nitrogens with one attached hydrogen (secondary N) is 1. The Morgan fingerprint density at radius 1 is 1.20 bits per heavy atom. The van der Waals surface area contributed by atoms with Crippen LogP contribution in [0, 0.1) is 11.3 Å². The van der Waals surface area contributed by atoms with Crippen LogP contribution in [0.5, 0.6) is 11.5 Å². The molecule has 3 rings (SSSR count). The lowest BCUT2D eigenvalue weighted by Crippen LogP contribution is -2.42. The van der Waals surface area contributed by atoms with Crippen molar-refractivity contribution in [2.45, 2.75) is 18.9 Å². The Balaban J connectivity index is 1.70. The molecule has 1 aliphatic rings. The summed E-state index contributed by atoms with van der Waals surface area (Å²) in [5.41, 5.74) is 1.45. The molecule has 0 unspecified atom stereocenters. The number of piperidine rings is 1. The molecule has 1 atom stereocenters. The molecule has 130 valence electrons. The van der Waals surface area contributed by atoms with Crippen molar-refractivity contribution in [1.82, 2.24) is 4.98 Å². The first-order valence-electron chi connectivity index (χ1n) is 8.34. The van der Waals surface area contributed by atoms with E-state index in [0.717, 1.165) is 43.2 Å². The van der Waals surface area contributed by atoms with E-state index in [0.29, 0.717) is 17.5 Å². The standard InChI is InChI=1S/C19H22N4O2/c1-24-17-9-8-14(11-18(17)25-2)21-16-6-4-10-23(13-16)19-7-3-5-15(12-20)22-19/h3,5,7-9,11,16,21H,4,6,10,13H2,1-2H3/t16-/m0/s1. The van der Waals surface area contributed by atoms with Crippen LogP contribution in [0.2, 0.25) is 0 Å². The van der Waals surface area contributed by atoms with Gasteiger partial charge in [0.2, 0.25) is 0 Å². The highest BCUT2D eigenvalue weighted by molar-refractivity contribution is 5.55. The molecule has 0 saturated carbocycles. The van der Waals surface area contributed by atoms with Gasteiger partial charge in [0.25, 0.3) is 0 Å². The highest BCUT2D eigenvalue weighted by atomic mass is 16.5. The van der Waals surface area contributed by atoms with E-state index in [1.54, 1.807) is 20.3 Å². The topological polar surface area (TPSA) is 70.4 Å². The Hall–Kier alpha value is -2.94. The molecule has 1 fully saturated rings. The zero-order valence-electron chi connectivity index (χ0n) is 14.5. The third kappa shape index (κ3) is 3.94. The molecule has 0 aliphatic carbocycles. The van der Waals surface area contributed by atoms with Crippen LogP contribution in [0.15, 0.2) is 36.4 Å². The minimum atomic E-state index is 0.305. The van der Waals surface area contributed by atoms with E-state index >= 15 is 0 Å². The molecule has 1 aromatic carbocycles. The van der Waals surface area contributed by atoms with Gasteiger partial charge >= 0.3 is 0 Å². The van der Waals surface area contributed by atoms with Crippen molar-refractivity contribution >= 4 is 11.5 Å². The lowest BCUT2D eigenvalue weighted by Gasteiger charge is -2.34. The van der Waals surface area contributed by atoms with Crippen LogP contribution >= 0.6 is 0 Å². The van der Waals surface area contributed by atoms with Gasteiger partial charge in [-0.1, -0.05) is 6.07 Å². The average molecular weight is 338 g/mol. The second kappa shape index (κ2) is 7.75. The first-order chi connectivity index (χ1) is 12.2. The third-order valence-corrected chi connectivity index (χ3v) is 4.35. The SMILES string of the molecule is COc1ccc(N[C@H]2CCCN(c3cccc(C#N)n3)C2)cc1OC. The van der Waals surface area contributed by atoms with E-state index < -0.39 is 0 Å². The maximum Gasteiger partial charge on any atom is 0.162 e. The Morgan fingerprint density at radius 3 is 2.80 bits per heavy atom. The third-order valence-electron chi connectivity index (χ3n) is 4.35. The van der Waals surface area contributed by atoms with Crippen molar-refractivity contribution in [3.05, 3.63) is 42.1 Å². The summed E-state index contributed by atoms with van der Waals surface area (Å²) in [7, 11) is 3.27. The molecule has 0 amide bonds. The summed E-state index contributed by atoms with van der Waals surface area (Å²) < 4.78 is 10.6. The van der Waals surface area contributed by atoms with Crippen LogP contribution in [0.1, 0.15) is 18.5 Å². The number of methoxy groups -OCH3 is 2. The maximum atomic E-state index is 9.03. The van der Waals surface area contributed by atoms with Gasteiger partial charge in [-0.3, -0.25) is 0 Å². The molecule has 1 aliphatic heterocycles. The van der Waals surface area contributed by atoms with Gasteiger partial charge in [0.1, 0.15) is 17.6 Å². The second-order valence-corrected chi connectivity index (χ2v) is 5.99. The Bertz CT molecular complexity index is 772. The molecule has 0 spiro atoms. The zero-order valence-corrected chi connectivity index (χ0v) is 14.5. The smallest absolute Gasteiger partial charge is 0.162 e. The van der Waals surface area contributed by atoms with Crippen LogP contribution in [0.25, 0.3) is 0 Å². The number of aromatic nitrogens is 1. The first-order valence-corrected chi connectivity index (χ1v) is 8.34. The van der Waals surface area contributed by atoms with E-state index in [2.05, 4.69) is 21.3 Å². The number of nitriles is 1. The molecule has 25 heavy (non-hydrogen) atoms. The molecular weight excluding hydrogens is 316 g/mol. The molecule has 0 bridgehead atoms. The number of hydrogen-bond donors (Lipinski definition) is 1. The van der Waals surface area contributed by atoms with Crippen LogP contribution in [-0.4, -0.2) is 38.3 Å². The van der Waals surface area contributed by atoms with E-state index in [4.69, 9.17) is 14.7 Å². The predicted molar refractivity (Wildman–Crippen MR) is 97.4 cm³/mol. The minimum Gasteiger partial charge on any atom is -0.493 e. The van der Waals surface area contributed by atoms with E-state index in [9.17, 15) is 0 Å². The van der Waals surface area contributed by atoms with Gasteiger partial charge in [0.05, 0.1) is 14.2 Å². The summed E-state index contributed by atoms with van der Waals surface area (Å²) in [6.45, 7) is 1.79. The molecular formula is C19H22N4O2. The minimum absolute atomic E-state index is 0.305. The first kappa shape index (κ1) is 16.9. The number of hydrogen-bond acceptors (Lipinski definition) is 6. The monoisotopic (exact) mass is 338 g/mol. The van der Waals surface area contributed by atoms with Crippen molar-refractivity contribution in [2.24, 2.45) is 0 Å². The van der Waals surface area contributed by atoms with Crippen LogP contribution in [-0.2, 0) is 0 Å². The Kier molecular flexibility index (Phi) is 5.24. The summed E-state index contributed by atoms with van der Waals surface area (Å²) in [5.74, 6) is 2.29. The predicted octanol–water partition coefficient (Wildman–Crippen LogP) is 3.05. The summed E-state index contributed by atoms with van der Waals surface area (Å²) in [4.78, 5) is 6.63. The van der Waals surface area contributed by atoms with Gasteiger partial charge in [0.15, 0.2) is 11.5 Å². The second-order valence-electron chi connectivity index (χ2n) is 5.99. The van der Waals surface area contributed by atoms with Crippen molar-refractivity contribution < 1.29 is 9.47 Å². The van der Waals surface area contributed by atoms with Gasteiger partial charge in [-0.25, -0.2) is 4.98 Å². The Labute approximate surface area is 148 Å². The van der Waals surface area contributed by atoms with E-state index in [1.807, 2.05) is 30.3 Å². The molecule has 6 nitrogen and oxygen atoms in total. The fourth-order valence-corrected chi connectivity index (χ4v) is 3.13. The quantitative estimate of drug-likeness (QED) is 0.903. The number of rotatable bonds is 5. The molecule has 2 heterocycles. The van der Waals surface area contributed by atoms with Crippen molar-refractivity contribution in [3.8, 4) is 17.6 Å². The van der Waals surface area contributed by atoms with E-state index in [1.165, 1.54) is 0 Å². The maximum absolute atomic E-state index is 9.03. The van der Waals surface area contributed by atoms with Crippen LogP contribution in [0.4, 0.5) is 11.5 Å². The van der Waals surface area contributed by atoms with Gasteiger partial charge in [-0.15, -0.1) is 0 Å². The van der Waals surface area contributed by atoms with Crippen LogP contribution < -0.4 is 19.7 Å². The molecule has 6 heteroatoms. The largest absolute Gasteiger partial charge is 0.493 e. The average Bonchev–Trinajstić information content (AvgIpc) is 2.68. The normalized spacial score (nSPS) is 16.8. The molecule has 2 aromatic rings. The number of nitrogens with zero attached hydrogens (tertiary/aromatic N) is 3. The van der Waals surface area contributed by atoms with Crippen LogP contribution in [0.3, 0.4) is 0 Å². The Morgan fingerprint density at radius 2 is 2.04 bits per heavy atom. The van der Waals surface area contributed by atoms with Crippen molar-refractivity contribution in [3.63, 3.8) is 0 Å². The lowest BCUT2D eigenvalue weighted by molar-refractivity contribution is 0.355. The van der Waals surface area contributed by atoms with Crippen molar-refractivity contribution in [1.29, 1.82) is 5.26 Å². The van der Waals surface area contributed by atoms with E-state index in [-0.39, 0.29) is 0 Å². The number of pyridine rings is 1. The molecule has 1 aromatic heterocycles. The number of ether oxygens (including phenoxy) is 2. The van der Waals surface area contributed by atoms with Crippen molar-refractivity contribution in [2.75, 3.05) is 37.5 Å². The summed E-state index contributed by atoms with van der Waals surface area (Å²) >= 11 is 0. The summed E-state index contributed by atoms with van der Waals surface area (Å²) in [6.07, 6.45) is 2.16. The zero-order chi connectivity index (χ0) is 17.6. The molecule has 1 saturated heterocycles. The van der Waals surface area contributed by atoms with Gasteiger partial charge in [0, 0.05) is 30.9 Å². The van der Waals surface area contributed by atoms with Gasteiger partial charge in [-0.2, -0.15) is 5.26 Å². The fraction of sp³-hybridized carbons (Fsp3) is 0.368. The number of benzene rings is 1.